The van der Waals surface area contributed by atoms with Crippen LogP contribution in [-0.2, 0) is 0 Å². The van der Waals surface area contributed by atoms with Crippen LogP contribution in [0.25, 0.3) is 0 Å². The molecular weight excluding hydrogens is 202 g/mol. The van der Waals surface area contributed by atoms with E-state index in [-0.39, 0.29) is 17.4 Å². The minimum absolute atomic E-state index is 0.189. The van der Waals surface area contributed by atoms with Crippen molar-refractivity contribution in [2.45, 2.75) is 46.1 Å². The first-order chi connectivity index (χ1) is 7.25. The Labute approximate surface area is 99.3 Å². The molecule has 16 heavy (non-hydrogen) atoms. The zero-order valence-electron chi connectivity index (χ0n) is 11.1. The van der Waals surface area contributed by atoms with Gasteiger partial charge in [-0.05, 0) is 39.8 Å². The van der Waals surface area contributed by atoms with Crippen molar-refractivity contribution < 1.29 is 5.11 Å². The molecule has 0 fully saturated rings. The number of nitrogens with one attached hydrogen (secondary N) is 1. The van der Waals surface area contributed by atoms with Crippen LogP contribution in [0.4, 0.5) is 0 Å². The number of rotatable bonds is 8. The molecule has 0 saturated carbocycles. The number of nitrogens with zero attached hydrogens (tertiary/aromatic N) is 1. The molecule has 0 aliphatic rings. The molecule has 1 atom stereocenters. The van der Waals surface area contributed by atoms with E-state index in [1.807, 2.05) is 20.8 Å². The fraction of sp³-hybridized carbons (Fsp3) is 0.917. The van der Waals surface area contributed by atoms with Gasteiger partial charge in [0.25, 0.3) is 0 Å². The van der Waals surface area contributed by atoms with E-state index in [0.29, 0.717) is 0 Å². The standard InChI is InChI=1S/C12H27N3O/c1-10(16)6-9-15(4)8-5-7-12(2,3)11(13)14/h10,16H,5-9H2,1-4H3,(H3,13,14). The van der Waals surface area contributed by atoms with Gasteiger partial charge in [-0.15, -0.1) is 0 Å². The molecule has 0 radical (unpaired) electrons. The normalized spacial score (nSPS) is 14.1. The number of aliphatic hydroxyl groups is 1. The van der Waals surface area contributed by atoms with Crippen LogP contribution in [0.15, 0.2) is 0 Å². The van der Waals surface area contributed by atoms with E-state index in [4.69, 9.17) is 16.2 Å². The van der Waals surface area contributed by atoms with Crippen molar-refractivity contribution in [1.82, 2.24) is 4.90 Å². The van der Waals surface area contributed by atoms with Gasteiger partial charge in [-0.1, -0.05) is 13.8 Å². The second kappa shape index (κ2) is 6.86. The maximum Gasteiger partial charge on any atom is 0.0963 e. The summed E-state index contributed by atoms with van der Waals surface area (Å²) in [5.41, 5.74) is 5.33. The average molecular weight is 229 g/mol. The first-order valence-corrected chi connectivity index (χ1v) is 5.97. The van der Waals surface area contributed by atoms with E-state index in [1.165, 1.54) is 0 Å². The van der Waals surface area contributed by atoms with Crippen LogP contribution in [0.3, 0.4) is 0 Å². The Morgan fingerprint density at radius 2 is 2.00 bits per heavy atom. The van der Waals surface area contributed by atoms with E-state index in [0.717, 1.165) is 32.4 Å². The summed E-state index contributed by atoms with van der Waals surface area (Å²) in [5, 5.41) is 16.6. The fourth-order valence-electron chi connectivity index (χ4n) is 1.44. The van der Waals surface area contributed by atoms with Crippen molar-refractivity contribution in [2.75, 3.05) is 20.1 Å². The fourth-order valence-corrected chi connectivity index (χ4v) is 1.44. The molecule has 0 aromatic heterocycles. The van der Waals surface area contributed by atoms with Crippen molar-refractivity contribution in [2.24, 2.45) is 11.1 Å². The number of aliphatic hydroxyl groups excluding tert-OH is 1. The zero-order chi connectivity index (χ0) is 12.8. The largest absolute Gasteiger partial charge is 0.393 e. The summed E-state index contributed by atoms with van der Waals surface area (Å²) in [6.45, 7) is 7.73. The molecular formula is C12H27N3O. The molecule has 0 aliphatic carbocycles. The van der Waals surface area contributed by atoms with Gasteiger partial charge in [0.05, 0.1) is 11.9 Å². The highest BCUT2D eigenvalue weighted by atomic mass is 16.3. The van der Waals surface area contributed by atoms with Gasteiger partial charge in [-0.3, -0.25) is 5.41 Å². The second-order valence-electron chi connectivity index (χ2n) is 5.34. The molecule has 0 aromatic rings. The van der Waals surface area contributed by atoms with Gasteiger partial charge in [0.15, 0.2) is 0 Å². The lowest BCUT2D eigenvalue weighted by Crippen LogP contribution is -2.32. The summed E-state index contributed by atoms with van der Waals surface area (Å²) in [6, 6.07) is 0. The van der Waals surface area contributed by atoms with Crippen molar-refractivity contribution in [3.63, 3.8) is 0 Å². The summed E-state index contributed by atoms with van der Waals surface area (Å²) in [5.74, 6) is 0.263. The highest BCUT2D eigenvalue weighted by molar-refractivity contribution is 5.82. The van der Waals surface area contributed by atoms with Crippen LogP contribution in [-0.4, -0.2) is 42.1 Å². The summed E-state index contributed by atoms with van der Waals surface area (Å²) in [4.78, 5) is 2.21. The molecule has 0 amide bonds. The van der Waals surface area contributed by atoms with Crippen LogP contribution < -0.4 is 5.73 Å². The van der Waals surface area contributed by atoms with Gasteiger partial charge in [0, 0.05) is 12.0 Å². The van der Waals surface area contributed by atoms with E-state index >= 15 is 0 Å². The minimum atomic E-state index is -0.226. The van der Waals surface area contributed by atoms with Gasteiger partial charge in [-0.2, -0.15) is 0 Å². The SMILES string of the molecule is CC(O)CCN(C)CCCC(C)(C)C(=N)N. The van der Waals surface area contributed by atoms with Gasteiger partial charge in [-0.25, -0.2) is 0 Å². The molecule has 1 unspecified atom stereocenters. The summed E-state index contributed by atoms with van der Waals surface area (Å²) < 4.78 is 0. The van der Waals surface area contributed by atoms with Crippen molar-refractivity contribution in [1.29, 1.82) is 5.41 Å². The number of hydrogen-bond donors (Lipinski definition) is 3. The summed E-state index contributed by atoms with van der Waals surface area (Å²) >= 11 is 0. The quantitative estimate of drug-likeness (QED) is 0.435. The lowest BCUT2D eigenvalue weighted by atomic mass is 9.86. The van der Waals surface area contributed by atoms with Crippen LogP contribution in [0, 0.1) is 10.8 Å². The molecule has 96 valence electrons. The van der Waals surface area contributed by atoms with E-state index in [9.17, 15) is 0 Å². The Balaban J connectivity index is 3.69. The van der Waals surface area contributed by atoms with Gasteiger partial charge in [0.2, 0.25) is 0 Å². The summed E-state index contributed by atoms with van der Waals surface area (Å²) in [6.07, 6.45) is 2.55. The van der Waals surface area contributed by atoms with Crippen molar-refractivity contribution in [3.8, 4) is 0 Å². The number of nitrogens with two attached hydrogens (primary N) is 1. The third-order valence-corrected chi connectivity index (χ3v) is 3.00. The predicted octanol–water partition coefficient (Wildman–Crippen LogP) is 1.43. The maximum atomic E-state index is 9.16. The Morgan fingerprint density at radius 3 is 2.44 bits per heavy atom. The molecule has 0 aromatic carbocycles. The molecule has 4 heteroatoms. The van der Waals surface area contributed by atoms with E-state index < -0.39 is 0 Å². The van der Waals surface area contributed by atoms with Crippen LogP contribution in [0.1, 0.15) is 40.0 Å². The lowest BCUT2D eigenvalue weighted by Gasteiger charge is -2.24. The smallest absolute Gasteiger partial charge is 0.0963 e. The Kier molecular flexibility index (Phi) is 6.60. The third kappa shape index (κ3) is 6.80. The van der Waals surface area contributed by atoms with Crippen LogP contribution in [0.2, 0.25) is 0 Å². The Bertz CT molecular complexity index is 214. The van der Waals surface area contributed by atoms with Gasteiger partial charge >= 0.3 is 0 Å². The Morgan fingerprint density at radius 1 is 1.44 bits per heavy atom. The van der Waals surface area contributed by atoms with Gasteiger partial charge in [0.1, 0.15) is 0 Å². The molecule has 0 heterocycles. The molecule has 4 nitrogen and oxygen atoms in total. The molecule has 0 spiro atoms. The lowest BCUT2D eigenvalue weighted by molar-refractivity contribution is 0.163. The third-order valence-electron chi connectivity index (χ3n) is 3.00. The highest BCUT2D eigenvalue weighted by Gasteiger charge is 2.20. The Hall–Kier alpha value is -0.610. The molecule has 0 aliphatic heterocycles. The topological polar surface area (TPSA) is 73.3 Å². The second-order valence-corrected chi connectivity index (χ2v) is 5.34. The predicted molar refractivity (Wildman–Crippen MR) is 68.7 cm³/mol. The molecule has 4 N–H and O–H groups in total. The van der Waals surface area contributed by atoms with Crippen LogP contribution in [0.5, 0.6) is 0 Å². The first-order valence-electron chi connectivity index (χ1n) is 5.97. The molecule has 0 rings (SSSR count). The first kappa shape index (κ1) is 15.4. The molecule has 0 bridgehead atoms. The van der Waals surface area contributed by atoms with E-state index in [1.54, 1.807) is 0 Å². The zero-order valence-corrected chi connectivity index (χ0v) is 11.1. The maximum absolute atomic E-state index is 9.16. The number of amidine groups is 1. The minimum Gasteiger partial charge on any atom is -0.393 e. The average Bonchev–Trinajstić information content (AvgIpc) is 2.14. The van der Waals surface area contributed by atoms with Crippen molar-refractivity contribution >= 4 is 5.84 Å². The van der Waals surface area contributed by atoms with Crippen molar-refractivity contribution in [3.05, 3.63) is 0 Å². The monoisotopic (exact) mass is 229 g/mol. The van der Waals surface area contributed by atoms with Crippen LogP contribution >= 0.6 is 0 Å². The number of hydrogen-bond acceptors (Lipinski definition) is 3. The highest BCUT2D eigenvalue weighted by Crippen LogP contribution is 2.21. The molecule has 0 saturated heterocycles. The van der Waals surface area contributed by atoms with E-state index in [2.05, 4.69) is 11.9 Å². The van der Waals surface area contributed by atoms with Gasteiger partial charge < -0.3 is 15.7 Å². The summed E-state index contributed by atoms with van der Waals surface area (Å²) in [7, 11) is 2.06.